The Balaban J connectivity index is 2.02. The standard InChI is InChI=1S/C21H16ClNO/c1-14-2-11-20-16(12-14)13-21(15-3-5-17(22)6-4-15)23(20)18-7-9-19(24)10-8-18/h2-13,24H,1H3. The maximum Gasteiger partial charge on any atom is 0.115 e. The third-order valence-electron chi connectivity index (χ3n) is 4.20. The molecule has 1 aromatic heterocycles. The molecule has 3 aromatic carbocycles. The number of phenols is 1. The predicted molar refractivity (Wildman–Crippen MR) is 100 cm³/mol. The van der Waals surface area contributed by atoms with Crippen LogP contribution in [0.1, 0.15) is 5.56 Å². The van der Waals surface area contributed by atoms with Crippen LogP contribution in [0.3, 0.4) is 0 Å². The molecule has 0 unspecified atom stereocenters. The third kappa shape index (κ3) is 2.55. The first-order chi connectivity index (χ1) is 11.6. The van der Waals surface area contributed by atoms with E-state index in [-0.39, 0.29) is 5.75 Å². The molecule has 0 atom stereocenters. The lowest BCUT2D eigenvalue weighted by molar-refractivity contribution is 0.475. The molecule has 4 rings (SSSR count). The van der Waals surface area contributed by atoms with E-state index in [0.29, 0.717) is 0 Å². The molecule has 0 saturated heterocycles. The van der Waals surface area contributed by atoms with Crippen LogP contribution in [-0.4, -0.2) is 9.67 Å². The maximum absolute atomic E-state index is 9.60. The molecule has 0 radical (unpaired) electrons. The topological polar surface area (TPSA) is 25.2 Å². The number of aromatic hydroxyl groups is 1. The third-order valence-corrected chi connectivity index (χ3v) is 4.46. The zero-order valence-corrected chi connectivity index (χ0v) is 14.0. The minimum absolute atomic E-state index is 0.263. The number of halogens is 1. The van der Waals surface area contributed by atoms with Gasteiger partial charge in [-0.2, -0.15) is 0 Å². The van der Waals surface area contributed by atoms with Crippen LogP contribution in [-0.2, 0) is 0 Å². The van der Waals surface area contributed by atoms with Crippen molar-refractivity contribution in [3.63, 3.8) is 0 Å². The molecular formula is C21H16ClNO. The zero-order chi connectivity index (χ0) is 16.7. The van der Waals surface area contributed by atoms with E-state index in [2.05, 4.69) is 35.8 Å². The molecule has 0 spiro atoms. The summed E-state index contributed by atoms with van der Waals surface area (Å²) >= 11 is 6.04. The van der Waals surface area contributed by atoms with Gasteiger partial charge in [-0.25, -0.2) is 0 Å². The predicted octanol–water partition coefficient (Wildman–Crippen LogP) is 5.96. The summed E-state index contributed by atoms with van der Waals surface area (Å²) in [6.07, 6.45) is 0. The number of hydrogen-bond acceptors (Lipinski definition) is 1. The van der Waals surface area contributed by atoms with Gasteiger partial charge in [0, 0.05) is 16.1 Å². The zero-order valence-electron chi connectivity index (χ0n) is 13.2. The van der Waals surface area contributed by atoms with Gasteiger partial charge in [0.05, 0.1) is 11.2 Å². The van der Waals surface area contributed by atoms with Crippen molar-refractivity contribution in [2.75, 3.05) is 0 Å². The summed E-state index contributed by atoms with van der Waals surface area (Å²) in [5.74, 6) is 0.263. The molecule has 0 aliphatic rings. The van der Waals surface area contributed by atoms with E-state index < -0.39 is 0 Å². The highest BCUT2D eigenvalue weighted by Crippen LogP contribution is 2.33. The molecule has 0 amide bonds. The largest absolute Gasteiger partial charge is 0.508 e. The second-order valence-corrected chi connectivity index (χ2v) is 6.39. The Morgan fingerprint density at radius 3 is 2.25 bits per heavy atom. The van der Waals surface area contributed by atoms with Gasteiger partial charge < -0.3 is 9.67 Å². The average molecular weight is 334 g/mol. The Hall–Kier alpha value is -2.71. The lowest BCUT2D eigenvalue weighted by Gasteiger charge is -2.11. The van der Waals surface area contributed by atoms with Gasteiger partial charge >= 0.3 is 0 Å². The van der Waals surface area contributed by atoms with Crippen molar-refractivity contribution in [1.82, 2.24) is 4.57 Å². The highest BCUT2D eigenvalue weighted by molar-refractivity contribution is 6.30. The number of rotatable bonds is 2. The number of nitrogens with zero attached hydrogens (tertiary/aromatic N) is 1. The lowest BCUT2D eigenvalue weighted by atomic mass is 10.1. The number of aromatic nitrogens is 1. The van der Waals surface area contributed by atoms with Gasteiger partial charge in [-0.1, -0.05) is 35.4 Å². The van der Waals surface area contributed by atoms with Crippen molar-refractivity contribution in [3.8, 4) is 22.7 Å². The summed E-state index contributed by atoms with van der Waals surface area (Å²) in [7, 11) is 0. The van der Waals surface area contributed by atoms with Gasteiger partial charge in [0.1, 0.15) is 5.75 Å². The van der Waals surface area contributed by atoms with E-state index in [4.69, 9.17) is 11.6 Å². The van der Waals surface area contributed by atoms with Crippen molar-refractivity contribution in [2.45, 2.75) is 6.92 Å². The van der Waals surface area contributed by atoms with E-state index in [9.17, 15) is 5.11 Å². The van der Waals surface area contributed by atoms with Gasteiger partial charge in [-0.05, 0) is 67.1 Å². The monoisotopic (exact) mass is 333 g/mol. The van der Waals surface area contributed by atoms with Crippen LogP contribution >= 0.6 is 11.6 Å². The number of aryl methyl sites for hydroxylation is 1. The Bertz CT molecular complexity index is 1010. The molecule has 2 nitrogen and oxygen atoms in total. The van der Waals surface area contributed by atoms with Gasteiger partial charge in [0.2, 0.25) is 0 Å². The lowest BCUT2D eigenvalue weighted by Crippen LogP contribution is -1.96. The first-order valence-electron chi connectivity index (χ1n) is 7.79. The van der Waals surface area contributed by atoms with Gasteiger partial charge in [-0.15, -0.1) is 0 Å². The highest BCUT2D eigenvalue weighted by atomic mass is 35.5. The molecule has 0 aliphatic carbocycles. The molecule has 0 fully saturated rings. The molecule has 1 heterocycles. The van der Waals surface area contributed by atoms with Crippen LogP contribution in [0.2, 0.25) is 5.02 Å². The second kappa shape index (κ2) is 5.73. The quantitative estimate of drug-likeness (QED) is 0.480. The van der Waals surface area contributed by atoms with E-state index in [0.717, 1.165) is 27.5 Å². The summed E-state index contributed by atoms with van der Waals surface area (Å²) in [6.45, 7) is 2.10. The SMILES string of the molecule is Cc1ccc2c(c1)cc(-c1ccc(Cl)cc1)n2-c1ccc(O)cc1. The Labute approximate surface area is 145 Å². The Morgan fingerprint density at radius 1 is 0.833 bits per heavy atom. The van der Waals surface area contributed by atoms with Crippen molar-refractivity contribution >= 4 is 22.5 Å². The van der Waals surface area contributed by atoms with Crippen LogP contribution < -0.4 is 0 Å². The summed E-state index contributed by atoms with van der Waals surface area (Å²) < 4.78 is 2.21. The molecule has 4 aromatic rings. The van der Waals surface area contributed by atoms with Gasteiger partial charge in [0.25, 0.3) is 0 Å². The van der Waals surface area contributed by atoms with Crippen LogP contribution in [0, 0.1) is 6.92 Å². The van der Waals surface area contributed by atoms with E-state index in [1.54, 1.807) is 12.1 Å². The van der Waals surface area contributed by atoms with Crippen molar-refractivity contribution < 1.29 is 5.11 Å². The van der Waals surface area contributed by atoms with Gasteiger partial charge in [-0.3, -0.25) is 0 Å². The first-order valence-corrected chi connectivity index (χ1v) is 8.17. The maximum atomic E-state index is 9.60. The number of hydrogen-bond donors (Lipinski definition) is 1. The normalized spacial score (nSPS) is 11.1. The summed E-state index contributed by atoms with van der Waals surface area (Å²) in [4.78, 5) is 0. The van der Waals surface area contributed by atoms with Crippen LogP contribution in [0.15, 0.2) is 72.8 Å². The van der Waals surface area contributed by atoms with Crippen LogP contribution in [0.4, 0.5) is 0 Å². The van der Waals surface area contributed by atoms with Crippen LogP contribution in [0.5, 0.6) is 5.75 Å². The molecule has 118 valence electrons. The van der Waals surface area contributed by atoms with Crippen molar-refractivity contribution in [3.05, 3.63) is 83.4 Å². The smallest absolute Gasteiger partial charge is 0.115 e. The van der Waals surface area contributed by atoms with Gasteiger partial charge in [0.15, 0.2) is 0 Å². The summed E-state index contributed by atoms with van der Waals surface area (Å²) in [5, 5.41) is 11.5. The van der Waals surface area contributed by atoms with Crippen molar-refractivity contribution in [2.24, 2.45) is 0 Å². The Morgan fingerprint density at radius 2 is 1.54 bits per heavy atom. The van der Waals surface area contributed by atoms with Crippen molar-refractivity contribution in [1.29, 1.82) is 0 Å². The fourth-order valence-electron chi connectivity index (χ4n) is 3.05. The molecule has 0 aliphatic heterocycles. The Kier molecular flexibility index (Phi) is 3.55. The molecule has 0 bridgehead atoms. The fraction of sp³-hybridized carbons (Fsp3) is 0.0476. The second-order valence-electron chi connectivity index (χ2n) is 5.95. The molecule has 24 heavy (non-hydrogen) atoms. The number of fused-ring (bicyclic) bond motifs is 1. The van der Waals surface area contributed by atoms with E-state index >= 15 is 0 Å². The number of phenolic OH excluding ortho intramolecular Hbond substituents is 1. The van der Waals surface area contributed by atoms with E-state index in [1.807, 2.05) is 36.4 Å². The molecule has 3 heteroatoms. The minimum Gasteiger partial charge on any atom is -0.508 e. The molecular weight excluding hydrogens is 318 g/mol. The van der Waals surface area contributed by atoms with E-state index in [1.165, 1.54) is 10.9 Å². The van der Waals surface area contributed by atoms with Crippen LogP contribution in [0.25, 0.3) is 27.8 Å². The molecule has 1 N–H and O–H groups in total. The average Bonchev–Trinajstić information content (AvgIpc) is 2.94. The molecule has 0 saturated carbocycles. The first kappa shape index (κ1) is 14.9. The fourth-order valence-corrected chi connectivity index (χ4v) is 3.17. The minimum atomic E-state index is 0.263. The number of benzene rings is 3. The summed E-state index contributed by atoms with van der Waals surface area (Å²) in [5.41, 5.74) is 5.57. The summed E-state index contributed by atoms with van der Waals surface area (Å²) in [6, 6.07) is 23.8. The highest BCUT2D eigenvalue weighted by Gasteiger charge is 2.12.